The maximum Gasteiger partial charge on any atom is 0.303 e. The lowest BCUT2D eigenvalue weighted by Gasteiger charge is -2.41. The van der Waals surface area contributed by atoms with E-state index in [1.165, 1.54) is 18.3 Å². The molecule has 2 heterocycles. The van der Waals surface area contributed by atoms with E-state index >= 15 is 0 Å². The van der Waals surface area contributed by atoms with Crippen molar-refractivity contribution in [3.05, 3.63) is 16.6 Å². The van der Waals surface area contributed by atoms with E-state index in [9.17, 15) is 9.59 Å². The minimum Gasteiger partial charge on any atom is -0.455 e. The Kier molecular flexibility index (Phi) is 9.94. The Morgan fingerprint density at radius 3 is 2.42 bits per heavy atom. The van der Waals surface area contributed by atoms with Gasteiger partial charge in [-0.2, -0.15) is 0 Å². The fraction of sp³-hybridized carbons (Fsp3) is 0.792. The van der Waals surface area contributed by atoms with Gasteiger partial charge in [-0.25, -0.2) is 4.98 Å². The van der Waals surface area contributed by atoms with Crippen LogP contribution in [0.3, 0.4) is 0 Å². The SMILES string of the molecule is CC[C@H](C)[C@H](C(=O)N(C)[C@H](C[C@@H](OC(C)=O)c1nccs1)C(C)C)C1CCN(C)CC1. The van der Waals surface area contributed by atoms with Crippen LogP contribution in [0.4, 0.5) is 0 Å². The molecule has 0 bridgehead atoms. The van der Waals surface area contributed by atoms with Gasteiger partial charge in [0.25, 0.3) is 0 Å². The van der Waals surface area contributed by atoms with Gasteiger partial charge in [0.1, 0.15) is 5.01 Å². The quantitative estimate of drug-likeness (QED) is 0.486. The molecule has 1 aliphatic heterocycles. The number of piperidine rings is 1. The molecule has 6 nitrogen and oxygen atoms in total. The smallest absolute Gasteiger partial charge is 0.303 e. The Morgan fingerprint density at radius 1 is 1.29 bits per heavy atom. The number of hydrogen-bond acceptors (Lipinski definition) is 6. The van der Waals surface area contributed by atoms with Crippen molar-refractivity contribution >= 4 is 23.2 Å². The number of carbonyl (C=O) groups is 2. The molecule has 0 radical (unpaired) electrons. The lowest BCUT2D eigenvalue weighted by atomic mass is 9.75. The average molecular weight is 452 g/mol. The second kappa shape index (κ2) is 12.0. The van der Waals surface area contributed by atoms with E-state index < -0.39 is 6.10 Å². The number of aromatic nitrogens is 1. The second-order valence-electron chi connectivity index (χ2n) is 9.52. The third-order valence-electron chi connectivity index (χ3n) is 6.92. The van der Waals surface area contributed by atoms with Crippen molar-refractivity contribution in [2.45, 2.75) is 72.4 Å². The van der Waals surface area contributed by atoms with Crippen molar-refractivity contribution in [1.29, 1.82) is 0 Å². The number of carbonyl (C=O) groups excluding carboxylic acids is 2. The summed E-state index contributed by atoms with van der Waals surface area (Å²) >= 11 is 1.49. The first-order chi connectivity index (χ1) is 14.6. The zero-order valence-electron chi connectivity index (χ0n) is 20.3. The summed E-state index contributed by atoms with van der Waals surface area (Å²) in [5.74, 6) is 0.972. The van der Waals surface area contributed by atoms with Gasteiger partial charge in [0.2, 0.25) is 5.91 Å². The fourth-order valence-electron chi connectivity index (χ4n) is 4.84. The van der Waals surface area contributed by atoms with E-state index in [1.807, 2.05) is 17.3 Å². The van der Waals surface area contributed by atoms with E-state index in [4.69, 9.17) is 4.74 Å². The molecule has 1 aromatic heterocycles. The van der Waals surface area contributed by atoms with E-state index in [0.29, 0.717) is 18.3 Å². The Balaban J connectivity index is 2.23. The molecule has 176 valence electrons. The van der Waals surface area contributed by atoms with Crippen LogP contribution in [-0.2, 0) is 14.3 Å². The van der Waals surface area contributed by atoms with E-state index in [2.05, 4.69) is 44.6 Å². The number of likely N-dealkylation sites (tertiary alicyclic amines) is 1. The van der Waals surface area contributed by atoms with Crippen LogP contribution in [0.2, 0.25) is 0 Å². The fourth-order valence-corrected chi connectivity index (χ4v) is 5.52. The maximum atomic E-state index is 13.9. The van der Waals surface area contributed by atoms with Crippen LogP contribution in [0.1, 0.15) is 71.4 Å². The van der Waals surface area contributed by atoms with Crippen LogP contribution < -0.4 is 0 Å². The zero-order chi connectivity index (χ0) is 23.1. The lowest BCUT2D eigenvalue weighted by Crippen LogP contribution is -2.49. The third-order valence-corrected chi connectivity index (χ3v) is 7.79. The summed E-state index contributed by atoms with van der Waals surface area (Å²) in [6.45, 7) is 12.2. The number of hydrogen-bond donors (Lipinski definition) is 0. The molecule has 0 saturated carbocycles. The highest BCUT2D eigenvalue weighted by Crippen LogP contribution is 2.35. The maximum absolute atomic E-state index is 13.9. The number of esters is 1. The van der Waals surface area contributed by atoms with Gasteiger partial charge in [0, 0.05) is 43.9 Å². The van der Waals surface area contributed by atoms with Crippen molar-refractivity contribution in [1.82, 2.24) is 14.8 Å². The van der Waals surface area contributed by atoms with Crippen LogP contribution in [0, 0.1) is 23.7 Å². The molecule has 1 amide bonds. The summed E-state index contributed by atoms with van der Waals surface area (Å²) in [5, 5.41) is 2.68. The molecular weight excluding hydrogens is 410 g/mol. The molecule has 1 saturated heterocycles. The molecule has 0 unspecified atom stereocenters. The molecule has 1 fully saturated rings. The van der Waals surface area contributed by atoms with Crippen LogP contribution in [0.15, 0.2) is 11.6 Å². The normalized spacial score (nSPS) is 19.6. The Bertz CT molecular complexity index is 686. The molecule has 31 heavy (non-hydrogen) atoms. The molecule has 4 atom stereocenters. The molecule has 7 heteroatoms. The standard InChI is InChI=1S/C24H41N3O3S/c1-8-17(4)22(19-9-12-26(6)13-10-19)24(29)27(7)20(16(2)3)15-21(30-18(5)28)23-25-11-14-31-23/h11,14,16-17,19-22H,8-10,12-13,15H2,1-7H3/t17-,20+,21+,22-/m0/s1. The third kappa shape index (κ3) is 7.01. The van der Waals surface area contributed by atoms with Gasteiger partial charge < -0.3 is 14.5 Å². The molecule has 0 spiro atoms. The minimum absolute atomic E-state index is 0.0291. The Hall–Kier alpha value is -1.47. The Morgan fingerprint density at radius 2 is 1.94 bits per heavy atom. The van der Waals surface area contributed by atoms with Crippen LogP contribution >= 0.6 is 11.3 Å². The lowest BCUT2D eigenvalue weighted by molar-refractivity contribution is -0.149. The van der Waals surface area contributed by atoms with Crippen molar-refractivity contribution < 1.29 is 14.3 Å². The Labute approximate surface area is 192 Å². The summed E-state index contributed by atoms with van der Waals surface area (Å²) in [7, 11) is 4.09. The summed E-state index contributed by atoms with van der Waals surface area (Å²) < 4.78 is 5.63. The molecule has 0 aromatic carbocycles. The van der Waals surface area contributed by atoms with Gasteiger partial charge in [-0.3, -0.25) is 9.59 Å². The molecule has 2 rings (SSSR count). The largest absolute Gasteiger partial charge is 0.455 e. The summed E-state index contributed by atoms with van der Waals surface area (Å²) in [6.07, 6.45) is 5.02. The highest BCUT2D eigenvalue weighted by molar-refractivity contribution is 7.09. The first-order valence-electron chi connectivity index (χ1n) is 11.7. The molecule has 1 aromatic rings. The first-order valence-corrected chi connectivity index (χ1v) is 12.5. The molecule has 1 aliphatic rings. The van der Waals surface area contributed by atoms with Crippen molar-refractivity contribution in [3.63, 3.8) is 0 Å². The van der Waals surface area contributed by atoms with E-state index in [1.54, 1.807) is 6.20 Å². The first kappa shape index (κ1) is 25.8. The highest BCUT2D eigenvalue weighted by atomic mass is 32.1. The minimum atomic E-state index is -0.425. The van der Waals surface area contributed by atoms with Gasteiger partial charge in [-0.1, -0.05) is 34.1 Å². The zero-order valence-corrected chi connectivity index (χ0v) is 21.2. The highest BCUT2D eigenvalue weighted by Gasteiger charge is 2.38. The molecule has 0 aliphatic carbocycles. The number of thiazole rings is 1. The predicted octanol–water partition coefficient (Wildman–Crippen LogP) is 4.62. The van der Waals surface area contributed by atoms with Crippen molar-refractivity contribution in [2.24, 2.45) is 23.7 Å². The predicted molar refractivity (Wildman–Crippen MR) is 126 cm³/mol. The number of rotatable bonds is 10. The van der Waals surface area contributed by atoms with Crippen LogP contribution in [0.5, 0.6) is 0 Å². The molecule has 0 N–H and O–H groups in total. The average Bonchev–Trinajstić information content (AvgIpc) is 3.26. The monoisotopic (exact) mass is 451 g/mol. The van der Waals surface area contributed by atoms with Crippen LogP contribution in [0.25, 0.3) is 0 Å². The topological polar surface area (TPSA) is 62.7 Å². The van der Waals surface area contributed by atoms with Crippen molar-refractivity contribution in [2.75, 3.05) is 27.2 Å². The summed E-state index contributed by atoms with van der Waals surface area (Å²) in [5.41, 5.74) is 0. The molecular formula is C24H41N3O3S. The second-order valence-corrected chi connectivity index (χ2v) is 10.4. The van der Waals surface area contributed by atoms with Crippen LogP contribution in [-0.4, -0.2) is 59.9 Å². The van der Waals surface area contributed by atoms with Gasteiger partial charge in [-0.05, 0) is 50.7 Å². The van der Waals surface area contributed by atoms with E-state index in [0.717, 1.165) is 37.4 Å². The van der Waals surface area contributed by atoms with Gasteiger partial charge in [0.05, 0.1) is 0 Å². The van der Waals surface area contributed by atoms with Gasteiger partial charge in [0.15, 0.2) is 6.10 Å². The number of nitrogens with zero attached hydrogens (tertiary/aromatic N) is 3. The number of amides is 1. The summed E-state index contributed by atoms with van der Waals surface area (Å²) in [6, 6.07) is -0.0291. The summed E-state index contributed by atoms with van der Waals surface area (Å²) in [4.78, 5) is 34.3. The number of ether oxygens (including phenoxy) is 1. The van der Waals surface area contributed by atoms with Gasteiger partial charge in [-0.15, -0.1) is 11.3 Å². The van der Waals surface area contributed by atoms with Crippen molar-refractivity contribution in [3.8, 4) is 0 Å². The van der Waals surface area contributed by atoms with Gasteiger partial charge >= 0.3 is 5.97 Å². The van der Waals surface area contributed by atoms with E-state index in [-0.39, 0.29) is 29.8 Å².